The van der Waals surface area contributed by atoms with Crippen molar-refractivity contribution in [2.24, 2.45) is 0 Å². The van der Waals surface area contributed by atoms with Crippen LogP contribution < -0.4 is 0 Å². The van der Waals surface area contributed by atoms with Gasteiger partial charge in [0.05, 0.1) is 0 Å². The van der Waals surface area contributed by atoms with E-state index in [9.17, 15) is 0 Å². The number of hydrogen-bond acceptors (Lipinski definition) is 1. The summed E-state index contributed by atoms with van der Waals surface area (Å²) in [7, 11) is 0. The number of hydrogen-bond donors (Lipinski definition) is 1. The topological polar surface area (TPSA) is 20.2 Å². The fourth-order valence-electron chi connectivity index (χ4n) is 0. The van der Waals surface area contributed by atoms with Crippen LogP contribution in [0.15, 0.2) is 0 Å². The molecule has 0 saturated heterocycles. The fraction of sp³-hybridized carbons (Fsp3) is 0.667. The minimum Gasteiger partial charge on any atom is -0.399 e. The molecule has 5 heavy (non-hydrogen) atoms. The van der Waals surface area contributed by atoms with Crippen LogP contribution in [0.2, 0.25) is 0 Å². The molecule has 0 spiro atoms. The van der Waals surface area contributed by atoms with E-state index in [-0.39, 0.29) is 29.0 Å². The average Bonchev–Trinajstić information content (AvgIpc) is 1.37. The maximum Gasteiger partial charge on any atom is 0.0159 e. The molecule has 0 aliphatic carbocycles. The zero-order valence-corrected chi connectivity index (χ0v) is 6.23. The standard InChI is InChI=1S/C3H7O.Ta/c1-2-3-4;/h4H,1-3H2;/q-1;. The summed E-state index contributed by atoms with van der Waals surface area (Å²) in [6.07, 6.45) is 0.625. The third kappa shape index (κ3) is 11.9. The molecule has 0 aliphatic heterocycles. The number of aliphatic hydroxyl groups is 1. The SMILES string of the molecule is [CH2-]CCO.[Ta]. The van der Waals surface area contributed by atoms with Crippen molar-refractivity contribution in [3.63, 3.8) is 0 Å². The summed E-state index contributed by atoms with van der Waals surface area (Å²) in [5.41, 5.74) is 0. The Morgan fingerprint density at radius 3 is 1.80 bits per heavy atom. The van der Waals surface area contributed by atoms with Crippen LogP contribution in [-0.4, -0.2) is 11.7 Å². The van der Waals surface area contributed by atoms with E-state index in [0.29, 0.717) is 6.42 Å². The molecule has 0 unspecified atom stereocenters. The summed E-state index contributed by atoms with van der Waals surface area (Å²) in [5, 5.41) is 7.81. The molecule has 0 rings (SSSR count). The van der Waals surface area contributed by atoms with Crippen LogP contribution in [0.4, 0.5) is 0 Å². The van der Waals surface area contributed by atoms with Gasteiger partial charge in [-0.1, -0.05) is 0 Å². The van der Waals surface area contributed by atoms with Crippen molar-refractivity contribution in [1.29, 1.82) is 0 Å². The molecule has 1 nitrogen and oxygen atoms in total. The van der Waals surface area contributed by atoms with Crippen LogP contribution in [0.3, 0.4) is 0 Å². The van der Waals surface area contributed by atoms with Gasteiger partial charge in [-0.05, 0) is 0 Å². The first kappa shape index (κ1) is 9.20. The Balaban J connectivity index is 0. The van der Waals surface area contributed by atoms with E-state index in [1.165, 1.54) is 0 Å². The fourth-order valence-corrected chi connectivity index (χ4v) is 0. The van der Waals surface area contributed by atoms with Gasteiger partial charge in [-0.2, -0.15) is 6.42 Å². The van der Waals surface area contributed by atoms with Crippen LogP contribution in [0.1, 0.15) is 6.42 Å². The predicted molar refractivity (Wildman–Crippen MR) is 17.1 cm³/mol. The third-order valence-corrected chi connectivity index (χ3v) is 0.158. The van der Waals surface area contributed by atoms with Crippen molar-refractivity contribution < 1.29 is 27.5 Å². The van der Waals surface area contributed by atoms with Gasteiger partial charge in [0.2, 0.25) is 0 Å². The second kappa shape index (κ2) is 8.83. The van der Waals surface area contributed by atoms with Crippen molar-refractivity contribution >= 4 is 0 Å². The molecule has 31 valence electrons. The summed E-state index contributed by atoms with van der Waals surface area (Å²) < 4.78 is 0. The molecule has 0 saturated carbocycles. The van der Waals surface area contributed by atoms with Crippen molar-refractivity contribution in [1.82, 2.24) is 0 Å². The van der Waals surface area contributed by atoms with E-state index in [1.54, 1.807) is 0 Å². The second-order valence-electron chi connectivity index (χ2n) is 0.577. The summed E-state index contributed by atoms with van der Waals surface area (Å²) >= 11 is 0. The molecule has 0 amide bonds. The van der Waals surface area contributed by atoms with Gasteiger partial charge in [0.25, 0.3) is 0 Å². The van der Waals surface area contributed by atoms with Gasteiger partial charge in [0.1, 0.15) is 0 Å². The molecule has 0 heterocycles. The van der Waals surface area contributed by atoms with Crippen molar-refractivity contribution in [3.05, 3.63) is 6.92 Å². The van der Waals surface area contributed by atoms with Crippen LogP contribution in [0.25, 0.3) is 0 Å². The molecule has 0 fully saturated rings. The van der Waals surface area contributed by atoms with Gasteiger partial charge < -0.3 is 12.0 Å². The molecule has 1 N–H and O–H groups in total. The van der Waals surface area contributed by atoms with Gasteiger partial charge in [-0.15, -0.1) is 0 Å². The first-order valence-corrected chi connectivity index (χ1v) is 1.32. The molecule has 2 heteroatoms. The van der Waals surface area contributed by atoms with E-state index in [0.717, 1.165) is 0 Å². The molecule has 0 aromatic rings. The Morgan fingerprint density at radius 2 is 1.80 bits per heavy atom. The van der Waals surface area contributed by atoms with E-state index >= 15 is 0 Å². The van der Waals surface area contributed by atoms with Crippen molar-refractivity contribution in [2.75, 3.05) is 6.61 Å². The van der Waals surface area contributed by atoms with Crippen LogP contribution in [-0.2, 0) is 22.4 Å². The maximum absolute atomic E-state index is 7.81. The first-order valence-electron chi connectivity index (χ1n) is 1.32. The quantitative estimate of drug-likeness (QED) is 0.649. The minimum absolute atomic E-state index is 0. The molecule has 0 bridgehead atoms. The average molecular weight is 240 g/mol. The van der Waals surface area contributed by atoms with Gasteiger partial charge in [-0.3, -0.25) is 0 Å². The zero-order valence-electron chi connectivity index (χ0n) is 3.02. The normalized spacial score (nSPS) is 6.00. The Morgan fingerprint density at radius 1 is 1.60 bits per heavy atom. The smallest absolute Gasteiger partial charge is 0.0159 e. The molecule has 0 aromatic heterocycles. The van der Waals surface area contributed by atoms with Crippen molar-refractivity contribution in [3.8, 4) is 0 Å². The van der Waals surface area contributed by atoms with Crippen molar-refractivity contribution in [2.45, 2.75) is 6.42 Å². The Labute approximate surface area is 47.9 Å². The molecule has 1 radical (unpaired) electrons. The van der Waals surface area contributed by atoms with E-state index in [1.807, 2.05) is 0 Å². The van der Waals surface area contributed by atoms with Gasteiger partial charge in [-0.25, -0.2) is 0 Å². The summed E-state index contributed by atoms with van der Waals surface area (Å²) in [5.74, 6) is 0. The van der Waals surface area contributed by atoms with E-state index in [2.05, 4.69) is 6.92 Å². The summed E-state index contributed by atoms with van der Waals surface area (Å²) in [6, 6.07) is 0. The third-order valence-electron chi connectivity index (χ3n) is 0.158. The Hall–Kier alpha value is 0.700. The molecular weight excluding hydrogens is 233 g/mol. The van der Waals surface area contributed by atoms with E-state index < -0.39 is 0 Å². The van der Waals surface area contributed by atoms with Crippen LogP contribution in [0, 0.1) is 6.92 Å². The largest absolute Gasteiger partial charge is 0.399 e. The molecule has 0 aliphatic rings. The van der Waals surface area contributed by atoms with Gasteiger partial charge in [0.15, 0.2) is 0 Å². The van der Waals surface area contributed by atoms with Crippen LogP contribution in [0.5, 0.6) is 0 Å². The maximum atomic E-state index is 7.81. The Kier molecular flexibility index (Phi) is 16.2. The van der Waals surface area contributed by atoms with Crippen LogP contribution >= 0.6 is 0 Å². The monoisotopic (exact) mass is 240 g/mol. The zero-order chi connectivity index (χ0) is 3.41. The van der Waals surface area contributed by atoms with Gasteiger partial charge >= 0.3 is 0 Å². The number of aliphatic hydroxyl groups excluding tert-OH is 1. The molecule has 0 aromatic carbocycles. The predicted octanol–water partition coefficient (Wildman–Crippen LogP) is 0.200. The summed E-state index contributed by atoms with van der Waals surface area (Å²) in [6.45, 7) is 3.56. The van der Waals surface area contributed by atoms with Gasteiger partial charge in [0, 0.05) is 29.0 Å². The Bertz CT molecular complexity index is 8.85. The first-order chi connectivity index (χ1) is 1.91. The second-order valence-corrected chi connectivity index (χ2v) is 0.577. The van der Waals surface area contributed by atoms with E-state index in [4.69, 9.17) is 5.11 Å². The molecule has 0 atom stereocenters. The minimum atomic E-state index is 0. The number of rotatable bonds is 1. The summed E-state index contributed by atoms with van der Waals surface area (Å²) in [4.78, 5) is 0. The molecular formula is C3H7OTa-.